The van der Waals surface area contributed by atoms with Crippen molar-refractivity contribution in [2.45, 2.75) is 31.5 Å². The van der Waals surface area contributed by atoms with Crippen molar-refractivity contribution in [1.82, 2.24) is 9.88 Å². The number of hydrogen-bond donors (Lipinski definition) is 2. The quantitative estimate of drug-likeness (QED) is 0.721. The molecular formula is C20H24N2O3S. The number of para-hydroxylation sites is 2. The van der Waals surface area contributed by atoms with Crippen LogP contribution in [0, 0.1) is 0 Å². The Kier molecular flexibility index (Phi) is 4.73. The van der Waals surface area contributed by atoms with Gasteiger partial charge in [0, 0.05) is 34.4 Å². The predicted octanol–water partition coefficient (Wildman–Crippen LogP) is 2.32. The highest BCUT2D eigenvalue weighted by Gasteiger charge is 2.25. The van der Waals surface area contributed by atoms with Crippen LogP contribution in [0.3, 0.4) is 0 Å². The molecule has 1 aliphatic rings. The number of nitrogens with zero attached hydrogens (tertiary/aromatic N) is 1. The van der Waals surface area contributed by atoms with Crippen LogP contribution in [0.15, 0.2) is 48.5 Å². The van der Waals surface area contributed by atoms with E-state index in [9.17, 15) is 13.5 Å². The summed E-state index contributed by atoms with van der Waals surface area (Å²) < 4.78 is 25.6. The molecule has 0 amide bonds. The maximum absolute atomic E-state index is 11.7. The molecule has 0 spiro atoms. The molecule has 5 nitrogen and oxygen atoms in total. The molecule has 0 radical (unpaired) electrons. The number of fused-ring (bicyclic) bond motifs is 3. The molecule has 0 bridgehead atoms. The molecule has 6 heteroatoms. The number of hydrogen-bond acceptors (Lipinski definition) is 4. The topological polar surface area (TPSA) is 71.3 Å². The fourth-order valence-electron chi connectivity index (χ4n) is 3.96. The highest BCUT2D eigenvalue weighted by molar-refractivity contribution is 7.91. The van der Waals surface area contributed by atoms with Crippen LogP contribution in [0.25, 0.3) is 21.8 Å². The first kappa shape index (κ1) is 17.5. The van der Waals surface area contributed by atoms with Gasteiger partial charge in [0.2, 0.25) is 0 Å². The maximum Gasteiger partial charge on any atom is 0.151 e. The zero-order valence-corrected chi connectivity index (χ0v) is 15.5. The molecule has 138 valence electrons. The summed E-state index contributed by atoms with van der Waals surface area (Å²) >= 11 is 0. The lowest BCUT2D eigenvalue weighted by molar-refractivity contribution is 0.150. The molecule has 2 atom stereocenters. The Morgan fingerprint density at radius 1 is 1.08 bits per heavy atom. The van der Waals surface area contributed by atoms with Crippen LogP contribution in [0.1, 0.15) is 12.8 Å². The zero-order chi connectivity index (χ0) is 18.1. The molecule has 0 aliphatic carbocycles. The molecular weight excluding hydrogens is 348 g/mol. The van der Waals surface area contributed by atoms with Gasteiger partial charge in [-0.2, -0.15) is 0 Å². The second-order valence-corrected chi connectivity index (χ2v) is 9.39. The molecule has 4 rings (SSSR count). The molecule has 26 heavy (non-hydrogen) atoms. The summed E-state index contributed by atoms with van der Waals surface area (Å²) in [6.07, 6.45) is 0.962. The van der Waals surface area contributed by atoms with E-state index in [4.69, 9.17) is 0 Å². The number of aliphatic hydroxyl groups is 1. The van der Waals surface area contributed by atoms with Gasteiger partial charge in [-0.3, -0.25) is 0 Å². The van der Waals surface area contributed by atoms with Crippen LogP contribution >= 0.6 is 0 Å². The van der Waals surface area contributed by atoms with Gasteiger partial charge in [0.25, 0.3) is 0 Å². The first-order chi connectivity index (χ1) is 12.5. The number of rotatable bonds is 5. The van der Waals surface area contributed by atoms with Crippen molar-refractivity contribution < 1.29 is 13.5 Å². The summed E-state index contributed by atoms with van der Waals surface area (Å²) in [6, 6.07) is 16.4. The van der Waals surface area contributed by atoms with Gasteiger partial charge in [-0.25, -0.2) is 8.42 Å². The third-order valence-corrected chi connectivity index (χ3v) is 7.00. The molecule has 3 aromatic rings. The van der Waals surface area contributed by atoms with Gasteiger partial charge in [-0.15, -0.1) is 0 Å². The van der Waals surface area contributed by atoms with Crippen LogP contribution in [0.5, 0.6) is 0 Å². The summed E-state index contributed by atoms with van der Waals surface area (Å²) in [6.45, 7) is 0.863. The van der Waals surface area contributed by atoms with Gasteiger partial charge < -0.3 is 15.0 Å². The van der Waals surface area contributed by atoms with Gasteiger partial charge in [0.05, 0.1) is 24.2 Å². The van der Waals surface area contributed by atoms with E-state index in [0.29, 0.717) is 19.5 Å². The van der Waals surface area contributed by atoms with Crippen LogP contribution in [0.2, 0.25) is 0 Å². The molecule has 2 heterocycles. The smallest absolute Gasteiger partial charge is 0.151 e. The van der Waals surface area contributed by atoms with E-state index in [1.54, 1.807) is 0 Å². The lowest BCUT2D eigenvalue weighted by Gasteiger charge is -2.24. The van der Waals surface area contributed by atoms with Gasteiger partial charge >= 0.3 is 0 Å². The van der Waals surface area contributed by atoms with Gasteiger partial charge in [-0.1, -0.05) is 36.4 Å². The lowest BCUT2D eigenvalue weighted by Crippen LogP contribution is -2.43. The normalized spacial score (nSPS) is 21.2. The van der Waals surface area contributed by atoms with E-state index in [1.165, 1.54) is 10.8 Å². The highest BCUT2D eigenvalue weighted by atomic mass is 32.2. The highest BCUT2D eigenvalue weighted by Crippen LogP contribution is 2.28. The summed E-state index contributed by atoms with van der Waals surface area (Å²) in [7, 11) is -2.94. The van der Waals surface area contributed by atoms with Crippen molar-refractivity contribution in [3.8, 4) is 0 Å². The first-order valence-corrected chi connectivity index (χ1v) is 10.9. The molecule has 1 saturated heterocycles. The Morgan fingerprint density at radius 2 is 1.69 bits per heavy atom. The van der Waals surface area contributed by atoms with E-state index in [2.05, 4.69) is 34.1 Å². The largest absolute Gasteiger partial charge is 0.390 e. The number of aliphatic hydroxyl groups excluding tert-OH is 1. The Hall–Kier alpha value is -1.89. The number of nitrogens with one attached hydrogen (secondary N) is 1. The van der Waals surface area contributed by atoms with Gasteiger partial charge in [0.1, 0.15) is 0 Å². The summed E-state index contributed by atoms with van der Waals surface area (Å²) in [5.74, 6) is 0.462. The molecule has 2 unspecified atom stereocenters. The lowest BCUT2D eigenvalue weighted by atomic mass is 10.2. The summed E-state index contributed by atoms with van der Waals surface area (Å²) in [5, 5.41) is 16.2. The minimum absolute atomic E-state index is 0.0541. The molecule has 2 aromatic carbocycles. The van der Waals surface area contributed by atoms with Crippen LogP contribution < -0.4 is 5.32 Å². The molecule has 0 saturated carbocycles. The van der Waals surface area contributed by atoms with Crippen LogP contribution in [-0.4, -0.2) is 48.3 Å². The second kappa shape index (κ2) is 7.02. The van der Waals surface area contributed by atoms with Crippen molar-refractivity contribution in [2.75, 3.05) is 18.1 Å². The Morgan fingerprint density at radius 3 is 2.31 bits per heavy atom. The number of sulfone groups is 1. The van der Waals surface area contributed by atoms with E-state index in [-0.39, 0.29) is 17.5 Å². The molecule has 2 N–H and O–H groups in total. The molecule has 1 aromatic heterocycles. The van der Waals surface area contributed by atoms with Gasteiger partial charge in [0.15, 0.2) is 9.84 Å². The number of aromatic nitrogens is 1. The van der Waals surface area contributed by atoms with E-state index in [0.717, 1.165) is 17.5 Å². The fourth-order valence-corrected chi connectivity index (χ4v) is 5.63. The number of benzene rings is 2. The minimum Gasteiger partial charge on any atom is -0.390 e. The van der Waals surface area contributed by atoms with E-state index >= 15 is 0 Å². The maximum atomic E-state index is 11.7. The Bertz CT molecular complexity index is 973. The fraction of sp³-hybridized carbons (Fsp3) is 0.400. The van der Waals surface area contributed by atoms with Crippen LogP contribution in [0.4, 0.5) is 0 Å². The summed E-state index contributed by atoms with van der Waals surface area (Å²) in [4.78, 5) is 0. The van der Waals surface area contributed by atoms with Crippen molar-refractivity contribution in [3.63, 3.8) is 0 Å². The average Bonchev–Trinajstić information content (AvgIpc) is 2.94. The van der Waals surface area contributed by atoms with Crippen molar-refractivity contribution in [1.29, 1.82) is 0 Å². The van der Waals surface area contributed by atoms with E-state index < -0.39 is 15.9 Å². The third kappa shape index (κ3) is 3.49. The van der Waals surface area contributed by atoms with Crippen LogP contribution in [-0.2, 0) is 16.4 Å². The predicted molar refractivity (Wildman–Crippen MR) is 105 cm³/mol. The van der Waals surface area contributed by atoms with Crippen molar-refractivity contribution in [3.05, 3.63) is 48.5 Å². The Balaban J connectivity index is 1.51. The SMILES string of the molecule is O=S1(=O)CCCC(NCC(O)Cn2c3ccccc3c3ccccc32)C1. The van der Waals surface area contributed by atoms with E-state index in [1.807, 2.05) is 24.3 Å². The molecule has 1 fully saturated rings. The first-order valence-electron chi connectivity index (χ1n) is 9.11. The second-order valence-electron chi connectivity index (χ2n) is 7.16. The Labute approximate surface area is 153 Å². The average molecular weight is 372 g/mol. The van der Waals surface area contributed by atoms with Crippen molar-refractivity contribution in [2.24, 2.45) is 0 Å². The standard InChI is InChI=1S/C20H24N2O3S/c23-16(12-21-15-6-5-11-26(24,25)14-15)13-22-19-9-3-1-7-17(19)18-8-2-4-10-20(18)22/h1-4,7-10,15-16,21,23H,5-6,11-14H2. The minimum atomic E-state index is -2.94. The third-order valence-electron chi connectivity index (χ3n) is 5.18. The molecule has 1 aliphatic heterocycles. The zero-order valence-electron chi connectivity index (χ0n) is 14.6. The van der Waals surface area contributed by atoms with Gasteiger partial charge in [-0.05, 0) is 25.0 Å². The summed E-state index contributed by atoms with van der Waals surface area (Å²) in [5.41, 5.74) is 2.21. The van der Waals surface area contributed by atoms with Crippen molar-refractivity contribution >= 4 is 31.6 Å². The monoisotopic (exact) mass is 372 g/mol.